The zero-order chi connectivity index (χ0) is 21.8. The number of nitrogens with zero attached hydrogens (tertiary/aromatic N) is 2. The number of anilines is 1. The highest BCUT2D eigenvalue weighted by molar-refractivity contribution is 6.30. The van der Waals surface area contributed by atoms with Crippen molar-refractivity contribution in [3.8, 4) is 0 Å². The van der Waals surface area contributed by atoms with Gasteiger partial charge in [-0.1, -0.05) is 11.6 Å². The minimum absolute atomic E-state index is 0.0561. The fourth-order valence-corrected chi connectivity index (χ4v) is 3.99. The van der Waals surface area contributed by atoms with E-state index in [2.05, 4.69) is 10.2 Å². The SMILES string of the molecule is O=C(Nc1ccc(Cl)cc1)C1=C(N2CCOCC2)C(=Cc2ccc([N+](=O)[O-])cc2)CC1. The number of rotatable bonds is 5. The predicted molar refractivity (Wildman–Crippen MR) is 120 cm³/mol. The molecule has 160 valence electrons. The molecule has 4 rings (SSSR count). The van der Waals surface area contributed by atoms with Gasteiger partial charge in [-0.25, -0.2) is 0 Å². The molecule has 1 heterocycles. The van der Waals surface area contributed by atoms with Crippen molar-refractivity contribution in [1.29, 1.82) is 0 Å². The van der Waals surface area contributed by atoms with Gasteiger partial charge < -0.3 is 15.0 Å². The lowest BCUT2D eigenvalue weighted by molar-refractivity contribution is -0.384. The van der Waals surface area contributed by atoms with Gasteiger partial charge in [-0.05, 0) is 66.5 Å². The van der Waals surface area contributed by atoms with Crippen molar-refractivity contribution in [2.45, 2.75) is 12.8 Å². The first-order valence-electron chi connectivity index (χ1n) is 10.1. The summed E-state index contributed by atoms with van der Waals surface area (Å²) in [6.45, 7) is 2.65. The van der Waals surface area contributed by atoms with Crippen molar-refractivity contribution in [2.75, 3.05) is 31.6 Å². The molecule has 31 heavy (non-hydrogen) atoms. The van der Waals surface area contributed by atoms with Crippen molar-refractivity contribution >= 4 is 35.0 Å². The Morgan fingerprint density at radius 3 is 2.39 bits per heavy atom. The molecule has 1 saturated heterocycles. The van der Waals surface area contributed by atoms with Gasteiger partial charge in [0.2, 0.25) is 0 Å². The number of morpholine rings is 1. The average molecular weight is 440 g/mol. The largest absolute Gasteiger partial charge is 0.378 e. The number of carbonyl (C=O) groups excluding carboxylic acids is 1. The standard InChI is InChI=1S/C23H22ClN3O4/c24-18-4-6-19(7-5-18)25-23(28)21-10-3-17(22(21)26-11-13-31-14-12-26)15-16-1-8-20(9-2-16)27(29)30/h1-2,4-9,15H,3,10-14H2,(H,25,28). The summed E-state index contributed by atoms with van der Waals surface area (Å²) in [5.74, 6) is -0.129. The molecule has 0 saturated carbocycles. The van der Waals surface area contributed by atoms with E-state index in [1.54, 1.807) is 36.4 Å². The molecule has 0 atom stereocenters. The Morgan fingerprint density at radius 2 is 1.74 bits per heavy atom. The van der Waals surface area contributed by atoms with Crippen molar-refractivity contribution in [1.82, 2.24) is 4.90 Å². The zero-order valence-electron chi connectivity index (χ0n) is 16.8. The Morgan fingerprint density at radius 1 is 1.06 bits per heavy atom. The quantitative estimate of drug-likeness (QED) is 0.541. The summed E-state index contributed by atoms with van der Waals surface area (Å²) in [4.78, 5) is 25.8. The minimum atomic E-state index is -0.412. The number of amides is 1. The third-order valence-corrected chi connectivity index (χ3v) is 5.63. The predicted octanol–water partition coefficient (Wildman–Crippen LogP) is 4.65. The molecule has 8 heteroatoms. The third-order valence-electron chi connectivity index (χ3n) is 5.38. The van der Waals surface area contributed by atoms with Crippen molar-refractivity contribution in [2.24, 2.45) is 0 Å². The van der Waals surface area contributed by atoms with Gasteiger partial charge in [0.25, 0.3) is 11.6 Å². The normalized spacial score (nSPS) is 17.8. The molecule has 0 unspecified atom stereocenters. The maximum atomic E-state index is 13.1. The lowest BCUT2D eigenvalue weighted by Gasteiger charge is -2.31. The Labute approximate surface area is 185 Å². The second-order valence-electron chi connectivity index (χ2n) is 7.41. The van der Waals surface area contributed by atoms with Crippen LogP contribution in [0.3, 0.4) is 0 Å². The maximum absolute atomic E-state index is 13.1. The number of hydrogen-bond donors (Lipinski definition) is 1. The van der Waals surface area contributed by atoms with E-state index in [-0.39, 0.29) is 11.6 Å². The summed E-state index contributed by atoms with van der Waals surface area (Å²) in [6, 6.07) is 13.5. The molecule has 0 spiro atoms. The Kier molecular flexibility index (Phi) is 6.34. The van der Waals surface area contributed by atoms with Gasteiger partial charge in [0, 0.05) is 47.2 Å². The minimum Gasteiger partial charge on any atom is -0.378 e. The Hall–Kier alpha value is -3.16. The summed E-state index contributed by atoms with van der Waals surface area (Å²) < 4.78 is 5.49. The van der Waals surface area contributed by atoms with Crippen LogP contribution >= 0.6 is 11.6 Å². The van der Waals surface area contributed by atoms with E-state index in [0.717, 1.165) is 28.8 Å². The molecule has 2 aliphatic rings. The second kappa shape index (κ2) is 9.32. The van der Waals surface area contributed by atoms with Gasteiger partial charge in [-0.3, -0.25) is 14.9 Å². The Balaban J connectivity index is 1.65. The van der Waals surface area contributed by atoms with Crippen LogP contribution in [0.25, 0.3) is 6.08 Å². The number of benzene rings is 2. The van der Waals surface area contributed by atoms with Crippen LogP contribution in [0, 0.1) is 10.1 Å². The van der Waals surface area contributed by atoms with Crippen LogP contribution in [0.2, 0.25) is 5.02 Å². The van der Waals surface area contributed by atoms with Gasteiger partial charge >= 0.3 is 0 Å². The number of hydrogen-bond acceptors (Lipinski definition) is 5. The molecule has 2 aromatic carbocycles. The number of allylic oxidation sites excluding steroid dienone is 1. The van der Waals surface area contributed by atoms with Crippen LogP contribution in [0.5, 0.6) is 0 Å². The molecular weight excluding hydrogens is 418 g/mol. The maximum Gasteiger partial charge on any atom is 0.269 e. The van der Waals surface area contributed by atoms with Gasteiger partial charge in [0.1, 0.15) is 0 Å². The summed E-state index contributed by atoms with van der Waals surface area (Å²) in [5.41, 5.74) is 4.34. The fourth-order valence-electron chi connectivity index (χ4n) is 3.87. The van der Waals surface area contributed by atoms with E-state index in [9.17, 15) is 14.9 Å². The zero-order valence-corrected chi connectivity index (χ0v) is 17.6. The first kappa shape index (κ1) is 21.1. The number of nitro groups is 1. The van der Waals surface area contributed by atoms with Crippen molar-refractivity contribution in [3.05, 3.63) is 86.1 Å². The summed E-state index contributed by atoms with van der Waals surface area (Å²) >= 11 is 5.94. The monoisotopic (exact) mass is 439 g/mol. The Bertz CT molecular complexity index is 1040. The molecule has 0 bridgehead atoms. The van der Waals surface area contributed by atoms with Crippen LogP contribution < -0.4 is 5.32 Å². The lowest BCUT2D eigenvalue weighted by Crippen LogP contribution is -2.36. The van der Waals surface area contributed by atoms with Gasteiger partial charge in [-0.2, -0.15) is 0 Å². The highest BCUT2D eigenvalue weighted by atomic mass is 35.5. The van der Waals surface area contributed by atoms with Gasteiger partial charge in [0.15, 0.2) is 0 Å². The topological polar surface area (TPSA) is 84.7 Å². The van der Waals surface area contributed by atoms with Crippen LogP contribution in [-0.4, -0.2) is 42.0 Å². The number of nitrogens with one attached hydrogen (secondary N) is 1. The van der Waals surface area contributed by atoms with E-state index >= 15 is 0 Å². The van der Waals surface area contributed by atoms with Gasteiger partial charge in [-0.15, -0.1) is 0 Å². The summed E-state index contributed by atoms with van der Waals surface area (Å²) in [5, 5.41) is 14.5. The highest BCUT2D eigenvalue weighted by Gasteiger charge is 2.30. The molecule has 0 aromatic heterocycles. The first-order valence-corrected chi connectivity index (χ1v) is 10.5. The van der Waals surface area contributed by atoms with E-state index in [1.807, 2.05) is 6.08 Å². The van der Waals surface area contributed by atoms with Crippen LogP contribution in [0.4, 0.5) is 11.4 Å². The highest BCUT2D eigenvalue weighted by Crippen LogP contribution is 2.36. The number of carbonyl (C=O) groups is 1. The fraction of sp³-hybridized carbons (Fsp3) is 0.261. The van der Waals surface area contributed by atoms with E-state index in [4.69, 9.17) is 16.3 Å². The molecule has 7 nitrogen and oxygen atoms in total. The molecule has 1 N–H and O–H groups in total. The first-order chi connectivity index (χ1) is 15.0. The number of non-ortho nitro benzene ring substituents is 1. The molecule has 1 fully saturated rings. The second-order valence-corrected chi connectivity index (χ2v) is 7.84. The van der Waals surface area contributed by atoms with Crippen LogP contribution in [0.1, 0.15) is 18.4 Å². The summed E-state index contributed by atoms with van der Waals surface area (Å²) in [6.07, 6.45) is 3.37. The molecule has 0 radical (unpaired) electrons. The average Bonchev–Trinajstić information content (AvgIpc) is 3.20. The number of halogens is 1. The smallest absolute Gasteiger partial charge is 0.269 e. The van der Waals surface area contributed by atoms with Crippen molar-refractivity contribution in [3.63, 3.8) is 0 Å². The number of ether oxygens (including phenoxy) is 1. The lowest BCUT2D eigenvalue weighted by atomic mass is 10.1. The van der Waals surface area contributed by atoms with E-state index < -0.39 is 4.92 Å². The molecule has 2 aromatic rings. The summed E-state index contributed by atoms with van der Waals surface area (Å²) in [7, 11) is 0. The number of nitro benzene ring substituents is 1. The molecule has 1 aliphatic carbocycles. The van der Waals surface area contributed by atoms with Crippen LogP contribution in [0.15, 0.2) is 65.4 Å². The third kappa shape index (κ3) is 4.95. The molecule has 1 aliphatic heterocycles. The van der Waals surface area contributed by atoms with E-state index in [0.29, 0.717) is 43.4 Å². The van der Waals surface area contributed by atoms with Gasteiger partial charge in [0.05, 0.1) is 18.1 Å². The molecule has 1 amide bonds. The van der Waals surface area contributed by atoms with Crippen molar-refractivity contribution < 1.29 is 14.5 Å². The van der Waals surface area contributed by atoms with E-state index in [1.165, 1.54) is 12.1 Å². The molecular formula is C23H22ClN3O4. The van der Waals surface area contributed by atoms with Crippen LogP contribution in [-0.2, 0) is 9.53 Å².